The SMILES string of the molecule is COc1cccc(CCC[C@@H](O)[C@@H](CC(=O)c2cccc(C(=O)N3CCC[C@@H]3c3nc(C)cs3)c2)Cc2ccccc2)c1. The van der Waals surface area contributed by atoms with Crippen LogP contribution in [0.25, 0.3) is 0 Å². The number of rotatable bonds is 13. The molecule has 0 radical (unpaired) electrons. The van der Waals surface area contributed by atoms with Gasteiger partial charge in [0.1, 0.15) is 10.8 Å². The molecule has 43 heavy (non-hydrogen) atoms. The van der Waals surface area contributed by atoms with E-state index in [4.69, 9.17) is 4.74 Å². The van der Waals surface area contributed by atoms with E-state index in [9.17, 15) is 14.7 Å². The van der Waals surface area contributed by atoms with Gasteiger partial charge in [-0.1, -0.05) is 54.6 Å². The zero-order chi connectivity index (χ0) is 30.2. The van der Waals surface area contributed by atoms with Crippen molar-refractivity contribution < 1.29 is 19.4 Å². The van der Waals surface area contributed by atoms with Gasteiger partial charge in [-0.15, -0.1) is 11.3 Å². The van der Waals surface area contributed by atoms with Gasteiger partial charge in [-0.05, 0) is 86.8 Å². The first-order valence-corrected chi connectivity index (χ1v) is 16.0. The van der Waals surface area contributed by atoms with Crippen LogP contribution in [0.5, 0.6) is 5.75 Å². The lowest BCUT2D eigenvalue weighted by atomic mass is 9.85. The van der Waals surface area contributed by atoms with E-state index in [1.807, 2.05) is 65.7 Å². The number of aliphatic hydroxyl groups excluding tert-OH is 1. The molecule has 0 saturated carbocycles. The number of thiazole rings is 1. The van der Waals surface area contributed by atoms with E-state index in [1.54, 1.807) is 42.7 Å². The second-order valence-electron chi connectivity index (χ2n) is 11.5. The van der Waals surface area contributed by atoms with E-state index in [2.05, 4.69) is 11.1 Å². The summed E-state index contributed by atoms with van der Waals surface area (Å²) in [4.78, 5) is 33.8. The number of aliphatic hydroxyl groups is 1. The van der Waals surface area contributed by atoms with Crippen LogP contribution in [0.3, 0.4) is 0 Å². The molecular formula is C36H40N2O4S. The van der Waals surface area contributed by atoms with Crippen molar-refractivity contribution >= 4 is 23.0 Å². The number of ketones is 1. The van der Waals surface area contributed by atoms with Crippen LogP contribution in [-0.2, 0) is 12.8 Å². The van der Waals surface area contributed by atoms with Crippen LogP contribution in [-0.4, -0.2) is 46.4 Å². The van der Waals surface area contributed by atoms with Gasteiger partial charge < -0.3 is 14.7 Å². The summed E-state index contributed by atoms with van der Waals surface area (Å²) in [5.74, 6) is 0.458. The molecule has 224 valence electrons. The lowest BCUT2D eigenvalue weighted by Crippen LogP contribution is -2.30. The van der Waals surface area contributed by atoms with Crippen molar-refractivity contribution in [3.05, 3.63) is 117 Å². The average molecular weight is 597 g/mol. The van der Waals surface area contributed by atoms with Crippen molar-refractivity contribution in [2.24, 2.45) is 5.92 Å². The van der Waals surface area contributed by atoms with Gasteiger partial charge in [0.25, 0.3) is 5.91 Å². The molecular weight excluding hydrogens is 556 g/mol. The Labute approximate surface area is 258 Å². The molecule has 1 fully saturated rings. The first-order valence-electron chi connectivity index (χ1n) is 15.1. The van der Waals surface area contributed by atoms with Crippen molar-refractivity contribution in [3.63, 3.8) is 0 Å². The van der Waals surface area contributed by atoms with Gasteiger partial charge in [-0.3, -0.25) is 9.59 Å². The number of nitrogens with zero attached hydrogens (tertiary/aromatic N) is 2. The Morgan fingerprint density at radius 1 is 1.02 bits per heavy atom. The molecule has 1 aliphatic heterocycles. The molecule has 1 aliphatic rings. The predicted octanol–water partition coefficient (Wildman–Crippen LogP) is 7.25. The molecule has 5 rings (SSSR count). The van der Waals surface area contributed by atoms with E-state index in [0.29, 0.717) is 30.5 Å². The number of benzene rings is 3. The highest BCUT2D eigenvalue weighted by Crippen LogP contribution is 2.35. The minimum atomic E-state index is -0.633. The highest BCUT2D eigenvalue weighted by Gasteiger charge is 2.33. The van der Waals surface area contributed by atoms with E-state index in [-0.39, 0.29) is 30.1 Å². The van der Waals surface area contributed by atoms with Crippen LogP contribution < -0.4 is 4.74 Å². The fourth-order valence-electron chi connectivity index (χ4n) is 5.98. The van der Waals surface area contributed by atoms with Gasteiger partial charge >= 0.3 is 0 Å². The Hall–Kier alpha value is -3.81. The number of carbonyl (C=O) groups excluding carboxylic acids is 2. The lowest BCUT2D eigenvalue weighted by molar-refractivity contribution is 0.0734. The molecule has 1 amide bonds. The van der Waals surface area contributed by atoms with Gasteiger partial charge in [0, 0.05) is 35.2 Å². The van der Waals surface area contributed by atoms with Crippen molar-refractivity contribution in [2.75, 3.05) is 13.7 Å². The number of aryl methyl sites for hydroxylation is 2. The third kappa shape index (κ3) is 7.98. The Kier molecular flexibility index (Phi) is 10.4. The number of likely N-dealkylation sites (tertiary alicyclic amines) is 1. The molecule has 4 aromatic rings. The minimum Gasteiger partial charge on any atom is -0.497 e. The molecule has 0 aliphatic carbocycles. The van der Waals surface area contributed by atoms with Crippen LogP contribution in [0.4, 0.5) is 0 Å². The zero-order valence-corrected chi connectivity index (χ0v) is 25.8. The molecule has 0 bridgehead atoms. The van der Waals surface area contributed by atoms with Gasteiger partial charge in [-0.25, -0.2) is 4.98 Å². The number of methoxy groups -OCH3 is 1. The summed E-state index contributed by atoms with van der Waals surface area (Å²) in [5.41, 5.74) is 4.25. The summed E-state index contributed by atoms with van der Waals surface area (Å²) in [5, 5.41) is 14.3. The standard InChI is InChI=1S/C36H40N2O4S/c1-25-24-43-35(37-25)32-17-9-19-38(32)36(41)29-15-8-14-28(22-29)34(40)23-30(20-26-10-4-3-5-11-26)33(39)18-7-13-27-12-6-16-31(21-27)42-2/h3-6,8,10-12,14-16,21-22,24,30,32-33,39H,7,9,13,17-20,23H2,1-2H3/t30-,32-,33-/m1/s1. The number of hydrogen-bond acceptors (Lipinski definition) is 6. The van der Waals surface area contributed by atoms with E-state index in [1.165, 1.54) is 0 Å². The Bertz CT molecular complexity index is 1520. The molecule has 0 unspecified atom stereocenters. The summed E-state index contributed by atoms with van der Waals surface area (Å²) in [6.45, 7) is 2.65. The van der Waals surface area contributed by atoms with Gasteiger partial charge in [-0.2, -0.15) is 0 Å². The maximum absolute atomic E-state index is 13.6. The van der Waals surface area contributed by atoms with Crippen LogP contribution in [0.1, 0.15) is 80.7 Å². The zero-order valence-electron chi connectivity index (χ0n) is 24.9. The monoisotopic (exact) mass is 596 g/mol. The van der Waals surface area contributed by atoms with Gasteiger partial charge in [0.05, 0.1) is 19.3 Å². The van der Waals surface area contributed by atoms with Crippen molar-refractivity contribution in [3.8, 4) is 5.75 Å². The Balaban J connectivity index is 1.27. The summed E-state index contributed by atoms with van der Waals surface area (Å²) >= 11 is 1.60. The summed E-state index contributed by atoms with van der Waals surface area (Å²) in [7, 11) is 1.66. The Morgan fingerprint density at radius 3 is 2.56 bits per heavy atom. The normalized spacial score (nSPS) is 16.2. The van der Waals surface area contributed by atoms with Crippen LogP contribution >= 0.6 is 11.3 Å². The minimum absolute atomic E-state index is 0.0204. The topological polar surface area (TPSA) is 79.7 Å². The third-order valence-electron chi connectivity index (χ3n) is 8.30. The first kappa shape index (κ1) is 30.6. The number of Topliss-reactive ketones (excluding diaryl/α,β-unsaturated/α-hetero) is 1. The maximum atomic E-state index is 13.6. The first-order chi connectivity index (χ1) is 20.9. The summed E-state index contributed by atoms with van der Waals surface area (Å²) < 4.78 is 5.34. The number of ether oxygens (including phenoxy) is 1. The lowest BCUT2D eigenvalue weighted by Gasteiger charge is -2.24. The number of carbonyl (C=O) groups is 2. The van der Waals surface area contributed by atoms with Crippen LogP contribution in [0.2, 0.25) is 0 Å². The molecule has 1 N–H and O–H groups in total. The third-order valence-corrected chi connectivity index (χ3v) is 9.36. The number of amides is 1. The van der Waals surface area contributed by atoms with Crippen LogP contribution in [0, 0.1) is 12.8 Å². The fourth-order valence-corrected chi connectivity index (χ4v) is 6.92. The van der Waals surface area contributed by atoms with E-state index < -0.39 is 6.10 Å². The predicted molar refractivity (Wildman–Crippen MR) is 171 cm³/mol. The molecule has 7 heteroatoms. The molecule has 1 saturated heterocycles. The van der Waals surface area contributed by atoms with Gasteiger partial charge in [0.2, 0.25) is 0 Å². The molecule has 0 spiro atoms. The van der Waals surface area contributed by atoms with Crippen molar-refractivity contribution in [1.29, 1.82) is 0 Å². The second kappa shape index (κ2) is 14.6. The Morgan fingerprint density at radius 2 is 1.79 bits per heavy atom. The molecule has 2 heterocycles. The quantitative estimate of drug-likeness (QED) is 0.165. The van der Waals surface area contributed by atoms with E-state index in [0.717, 1.165) is 53.3 Å². The highest BCUT2D eigenvalue weighted by atomic mass is 32.1. The van der Waals surface area contributed by atoms with Crippen molar-refractivity contribution in [1.82, 2.24) is 9.88 Å². The average Bonchev–Trinajstić information content (AvgIpc) is 3.70. The highest BCUT2D eigenvalue weighted by molar-refractivity contribution is 7.09. The van der Waals surface area contributed by atoms with Crippen LogP contribution in [0.15, 0.2) is 84.2 Å². The molecule has 6 nitrogen and oxygen atoms in total. The summed E-state index contributed by atoms with van der Waals surface area (Å²) in [6, 6.07) is 25.1. The number of hydrogen-bond donors (Lipinski definition) is 1. The summed E-state index contributed by atoms with van der Waals surface area (Å²) in [6.07, 6.45) is 4.22. The van der Waals surface area contributed by atoms with Gasteiger partial charge in [0.15, 0.2) is 5.78 Å². The van der Waals surface area contributed by atoms with Crippen molar-refractivity contribution in [2.45, 2.75) is 64.0 Å². The molecule has 3 atom stereocenters. The van der Waals surface area contributed by atoms with E-state index >= 15 is 0 Å². The number of aromatic nitrogens is 1. The molecule has 3 aromatic carbocycles. The largest absolute Gasteiger partial charge is 0.497 e. The molecule has 1 aromatic heterocycles. The second-order valence-corrected chi connectivity index (χ2v) is 12.3. The smallest absolute Gasteiger partial charge is 0.254 e. The fraction of sp³-hybridized carbons (Fsp3) is 0.361. The maximum Gasteiger partial charge on any atom is 0.254 e.